The zero-order chi connectivity index (χ0) is 19.7. The summed E-state index contributed by atoms with van der Waals surface area (Å²) in [7, 11) is 1.55. The van der Waals surface area contributed by atoms with Crippen LogP contribution in [0.25, 0.3) is 11.3 Å². The Balaban J connectivity index is 1.52. The van der Waals surface area contributed by atoms with Crippen LogP contribution in [0.1, 0.15) is 51.3 Å². The van der Waals surface area contributed by atoms with E-state index in [1.165, 1.54) is 0 Å². The fraction of sp³-hybridized carbons (Fsp3) is 0.286. The van der Waals surface area contributed by atoms with Gasteiger partial charge in [-0.3, -0.25) is 9.59 Å². The maximum atomic E-state index is 13.0. The molecule has 0 spiro atoms. The predicted octanol–water partition coefficient (Wildman–Crippen LogP) is 3.58. The molecule has 3 aromatic rings. The molecule has 2 aromatic heterocycles. The van der Waals surface area contributed by atoms with Gasteiger partial charge >= 0.3 is 0 Å². The van der Waals surface area contributed by atoms with Gasteiger partial charge in [-0.15, -0.1) is 0 Å². The van der Waals surface area contributed by atoms with Gasteiger partial charge in [0, 0.05) is 30.8 Å². The van der Waals surface area contributed by atoms with E-state index in [-0.39, 0.29) is 23.6 Å². The van der Waals surface area contributed by atoms with Crippen molar-refractivity contribution in [1.29, 1.82) is 0 Å². The number of carbonyl (C=O) groups excluding carboxylic acids is 2. The molecule has 7 nitrogen and oxygen atoms in total. The summed E-state index contributed by atoms with van der Waals surface area (Å²) in [4.78, 5) is 26.5. The molecule has 7 heteroatoms. The summed E-state index contributed by atoms with van der Waals surface area (Å²) >= 11 is 0. The molecule has 144 valence electrons. The maximum absolute atomic E-state index is 13.0. The van der Waals surface area contributed by atoms with Crippen molar-refractivity contribution in [3.63, 3.8) is 0 Å². The number of hydrogen-bond acceptors (Lipinski definition) is 5. The van der Waals surface area contributed by atoms with Crippen LogP contribution in [0.2, 0.25) is 0 Å². The minimum atomic E-state index is -0.277. The van der Waals surface area contributed by atoms with Gasteiger partial charge in [0.1, 0.15) is 5.76 Å². The highest BCUT2D eigenvalue weighted by molar-refractivity contribution is 5.95. The van der Waals surface area contributed by atoms with Crippen LogP contribution in [0, 0.1) is 6.92 Å². The van der Waals surface area contributed by atoms with Crippen LogP contribution in [0.15, 0.2) is 51.4 Å². The lowest BCUT2D eigenvalue weighted by atomic mass is 10.1. The molecule has 1 fully saturated rings. The van der Waals surface area contributed by atoms with E-state index in [1.807, 2.05) is 30.0 Å². The Morgan fingerprint density at radius 1 is 1.18 bits per heavy atom. The molecule has 0 bridgehead atoms. The third-order valence-electron chi connectivity index (χ3n) is 4.96. The van der Waals surface area contributed by atoms with Gasteiger partial charge in [0.15, 0.2) is 11.5 Å². The number of aryl methyl sites for hydroxylation is 1. The van der Waals surface area contributed by atoms with E-state index in [2.05, 4.69) is 10.5 Å². The number of hydrogen-bond donors (Lipinski definition) is 1. The van der Waals surface area contributed by atoms with E-state index >= 15 is 0 Å². The van der Waals surface area contributed by atoms with Gasteiger partial charge in [-0.1, -0.05) is 17.3 Å². The molecule has 1 saturated heterocycles. The largest absolute Gasteiger partial charge is 0.451 e. The van der Waals surface area contributed by atoms with E-state index in [4.69, 9.17) is 8.94 Å². The molecule has 4 rings (SSSR count). The molecule has 1 N–H and O–H groups in total. The lowest BCUT2D eigenvalue weighted by molar-refractivity contribution is 0.0714. The van der Waals surface area contributed by atoms with Crippen LogP contribution in [0.4, 0.5) is 0 Å². The Bertz CT molecular complexity index is 1000. The van der Waals surface area contributed by atoms with Gasteiger partial charge < -0.3 is 19.2 Å². The number of benzene rings is 1. The normalized spacial score (nSPS) is 16.4. The zero-order valence-electron chi connectivity index (χ0n) is 15.8. The van der Waals surface area contributed by atoms with Gasteiger partial charge in [0.05, 0.1) is 11.7 Å². The minimum absolute atomic E-state index is 0.0337. The van der Waals surface area contributed by atoms with E-state index in [0.29, 0.717) is 17.9 Å². The Labute approximate surface area is 162 Å². The monoisotopic (exact) mass is 379 g/mol. The number of carbonyl (C=O) groups is 2. The fourth-order valence-electron chi connectivity index (χ4n) is 3.53. The van der Waals surface area contributed by atoms with Crippen molar-refractivity contribution >= 4 is 11.8 Å². The second-order valence-electron chi connectivity index (χ2n) is 6.85. The number of aromatic nitrogens is 1. The summed E-state index contributed by atoms with van der Waals surface area (Å²) in [5.74, 6) is 1.25. The van der Waals surface area contributed by atoms with Crippen LogP contribution >= 0.6 is 0 Å². The second kappa shape index (κ2) is 7.34. The Morgan fingerprint density at radius 2 is 1.96 bits per heavy atom. The Hall–Kier alpha value is -3.35. The first-order valence-electron chi connectivity index (χ1n) is 9.23. The van der Waals surface area contributed by atoms with Crippen LogP contribution in [-0.2, 0) is 0 Å². The topological polar surface area (TPSA) is 88.6 Å². The lowest BCUT2D eigenvalue weighted by Gasteiger charge is -2.22. The summed E-state index contributed by atoms with van der Waals surface area (Å²) in [6.45, 7) is 2.57. The number of furan rings is 1. The number of rotatable bonds is 4. The van der Waals surface area contributed by atoms with Crippen molar-refractivity contribution in [2.24, 2.45) is 0 Å². The van der Waals surface area contributed by atoms with Crippen molar-refractivity contribution in [3.8, 4) is 11.3 Å². The lowest BCUT2D eigenvalue weighted by Crippen LogP contribution is -2.30. The van der Waals surface area contributed by atoms with Gasteiger partial charge in [-0.05, 0) is 44.0 Å². The van der Waals surface area contributed by atoms with Crippen LogP contribution in [0.3, 0.4) is 0 Å². The summed E-state index contributed by atoms with van der Waals surface area (Å²) in [5.41, 5.74) is 2.22. The molecule has 2 amide bonds. The third-order valence-corrected chi connectivity index (χ3v) is 4.96. The van der Waals surface area contributed by atoms with Crippen LogP contribution in [-0.4, -0.2) is 35.5 Å². The number of likely N-dealkylation sites (tertiary alicyclic amines) is 1. The summed E-state index contributed by atoms with van der Waals surface area (Å²) in [6.07, 6.45) is 1.80. The number of nitrogens with zero attached hydrogens (tertiary/aromatic N) is 2. The van der Waals surface area contributed by atoms with Crippen LogP contribution < -0.4 is 5.32 Å². The number of nitrogens with one attached hydrogen (secondary N) is 1. The molecule has 0 radical (unpaired) electrons. The highest BCUT2D eigenvalue weighted by Crippen LogP contribution is 2.33. The second-order valence-corrected chi connectivity index (χ2v) is 6.85. The van der Waals surface area contributed by atoms with Crippen LogP contribution in [0.5, 0.6) is 0 Å². The molecule has 1 atom stereocenters. The third kappa shape index (κ3) is 3.31. The standard InChI is InChI=1S/C21H21N3O4/c1-13-12-19(28-23-13)16-4-3-11-24(16)21(26)15-7-5-14(6-8-15)17-9-10-18(27-17)20(25)22-2/h5-10,12,16H,3-4,11H2,1-2H3,(H,22,25). The highest BCUT2D eigenvalue weighted by atomic mass is 16.5. The first-order valence-corrected chi connectivity index (χ1v) is 9.23. The molecule has 1 aliphatic heterocycles. The summed E-state index contributed by atoms with van der Waals surface area (Å²) < 4.78 is 11.0. The molecule has 0 saturated carbocycles. The predicted molar refractivity (Wildman–Crippen MR) is 102 cm³/mol. The van der Waals surface area contributed by atoms with E-state index in [0.717, 1.165) is 29.9 Å². The van der Waals surface area contributed by atoms with Gasteiger partial charge in [0.2, 0.25) is 0 Å². The van der Waals surface area contributed by atoms with E-state index < -0.39 is 0 Å². The molecule has 28 heavy (non-hydrogen) atoms. The van der Waals surface area contributed by atoms with Crippen molar-refractivity contribution in [1.82, 2.24) is 15.4 Å². The van der Waals surface area contributed by atoms with E-state index in [9.17, 15) is 9.59 Å². The molecule has 1 unspecified atom stereocenters. The molecule has 1 aliphatic rings. The zero-order valence-corrected chi connectivity index (χ0v) is 15.8. The molecule has 1 aromatic carbocycles. The minimum Gasteiger partial charge on any atom is -0.451 e. The highest BCUT2D eigenvalue weighted by Gasteiger charge is 2.33. The molecular formula is C21H21N3O4. The van der Waals surface area contributed by atoms with Crippen molar-refractivity contribution in [2.75, 3.05) is 13.6 Å². The van der Waals surface area contributed by atoms with Crippen molar-refractivity contribution in [3.05, 3.63) is 65.2 Å². The van der Waals surface area contributed by atoms with Gasteiger partial charge in [-0.25, -0.2) is 0 Å². The smallest absolute Gasteiger partial charge is 0.286 e. The fourth-order valence-corrected chi connectivity index (χ4v) is 3.53. The average molecular weight is 379 g/mol. The first-order chi connectivity index (χ1) is 13.6. The average Bonchev–Trinajstić information content (AvgIpc) is 3.47. The van der Waals surface area contributed by atoms with Crippen molar-refractivity contribution < 1.29 is 18.5 Å². The summed E-state index contributed by atoms with van der Waals surface area (Å²) in [5, 5.41) is 6.47. The SMILES string of the molecule is CNC(=O)c1ccc(-c2ccc(C(=O)N3CCCC3c3cc(C)no3)cc2)o1. The van der Waals surface area contributed by atoms with Gasteiger partial charge in [0.25, 0.3) is 11.8 Å². The Morgan fingerprint density at radius 3 is 2.64 bits per heavy atom. The van der Waals surface area contributed by atoms with E-state index in [1.54, 1.807) is 31.3 Å². The molecule has 3 heterocycles. The Kier molecular flexibility index (Phi) is 4.73. The molecular weight excluding hydrogens is 358 g/mol. The number of amides is 2. The first kappa shape index (κ1) is 18.0. The summed E-state index contributed by atoms with van der Waals surface area (Å²) in [6, 6.07) is 12.4. The maximum Gasteiger partial charge on any atom is 0.286 e. The molecule has 0 aliphatic carbocycles. The van der Waals surface area contributed by atoms with Gasteiger partial charge in [-0.2, -0.15) is 0 Å². The quantitative estimate of drug-likeness (QED) is 0.748. The van der Waals surface area contributed by atoms with Crippen molar-refractivity contribution in [2.45, 2.75) is 25.8 Å².